The van der Waals surface area contributed by atoms with Crippen molar-refractivity contribution in [3.63, 3.8) is 0 Å². The lowest BCUT2D eigenvalue weighted by molar-refractivity contribution is -0.124. The van der Waals surface area contributed by atoms with Gasteiger partial charge < -0.3 is 19.1 Å². The van der Waals surface area contributed by atoms with Crippen LogP contribution in [0.4, 0.5) is 14.6 Å². The van der Waals surface area contributed by atoms with Gasteiger partial charge in [0.15, 0.2) is 11.6 Å². The number of benzene rings is 2. The minimum Gasteiger partial charge on any atom is -0.461 e. The van der Waals surface area contributed by atoms with Crippen LogP contribution in [0.25, 0.3) is 39.0 Å². The molecule has 0 N–H and O–H groups in total. The zero-order chi connectivity index (χ0) is 36.1. The number of ether oxygens (including phenoxy) is 1. The summed E-state index contributed by atoms with van der Waals surface area (Å²) in [5.41, 5.74) is 0.249. The van der Waals surface area contributed by atoms with Crippen molar-refractivity contribution in [1.29, 1.82) is 0 Å². The number of carbonyl (C=O) groups excluding carboxylic acids is 1. The van der Waals surface area contributed by atoms with E-state index in [1.54, 1.807) is 23.2 Å². The monoisotopic (exact) mass is 728 g/mol. The molecule has 3 aliphatic heterocycles. The molecule has 0 aliphatic carbocycles. The summed E-state index contributed by atoms with van der Waals surface area (Å²) < 4.78 is 43.0. The Bertz CT molecular complexity index is 2190. The minimum atomic E-state index is -0.922. The van der Waals surface area contributed by atoms with Gasteiger partial charge in [-0.15, -0.1) is 0 Å². The fourth-order valence-corrected chi connectivity index (χ4v) is 8.20. The number of carbonyl (C=O) groups is 1. The normalized spacial score (nSPS) is 22.0. The van der Waals surface area contributed by atoms with Crippen LogP contribution in [0.15, 0.2) is 53.2 Å². The average Bonchev–Trinajstić information content (AvgIpc) is 3.94. The number of anilines is 1. The number of aromatic nitrogens is 5. The maximum atomic E-state index is 16.9. The standard InChI is InChI=1S/C38H39ClF2N8O3/c1-22(2)35-43-29(52-46-35)11-12-30(50)48-16-13-25(20-48)47(3)36-27-18-42-33(26-9-4-7-23-8-5-10-28(39)31(23)26)32(41)34(27)44-37(45-36)51-21-38-14-6-15-49(38)19-24(40)17-38/h4-5,7-12,18,22,24-25H,6,13-17,19-21H2,1-3H3/b12-11+/t24?,25-,38+/m1/s1. The van der Waals surface area contributed by atoms with Crippen LogP contribution >= 0.6 is 11.6 Å². The second-order valence-electron chi connectivity index (χ2n) is 14.3. The van der Waals surface area contributed by atoms with E-state index in [0.29, 0.717) is 65.5 Å². The number of fused-ring (bicyclic) bond motifs is 3. The molecular weight excluding hydrogens is 690 g/mol. The van der Waals surface area contributed by atoms with E-state index in [4.69, 9.17) is 25.8 Å². The first-order valence-electron chi connectivity index (χ1n) is 17.7. The third-order valence-electron chi connectivity index (χ3n) is 10.7. The highest BCUT2D eigenvalue weighted by Crippen LogP contribution is 2.41. The molecule has 3 aromatic heterocycles. The van der Waals surface area contributed by atoms with Gasteiger partial charge in [-0.25, -0.2) is 8.78 Å². The Hall–Kier alpha value is -4.75. The second kappa shape index (κ2) is 13.7. The fourth-order valence-electron chi connectivity index (χ4n) is 7.91. The fraction of sp³-hybridized carbons (Fsp3) is 0.421. The predicted molar refractivity (Wildman–Crippen MR) is 195 cm³/mol. The number of amides is 1. The summed E-state index contributed by atoms with van der Waals surface area (Å²) >= 11 is 6.63. The van der Waals surface area contributed by atoms with Gasteiger partial charge in [-0.1, -0.05) is 60.9 Å². The van der Waals surface area contributed by atoms with Crippen LogP contribution in [0.3, 0.4) is 0 Å². The Morgan fingerprint density at radius 3 is 2.81 bits per heavy atom. The summed E-state index contributed by atoms with van der Waals surface area (Å²) in [5.74, 6) is 0.549. The highest BCUT2D eigenvalue weighted by molar-refractivity contribution is 6.36. The lowest BCUT2D eigenvalue weighted by atomic mass is 9.95. The molecule has 5 aromatic rings. The Kier molecular flexibility index (Phi) is 9.02. The van der Waals surface area contributed by atoms with Crippen LogP contribution in [0.1, 0.15) is 57.2 Å². The highest BCUT2D eigenvalue weighted by atomic mass is 35.5. The number of rotatable bonds is 9. The smallest absolute Gasteiger partial charge is 0.319 e. The molecule has 1 amide bonds. The third-order valence-corrected chi connectivity index (χ3v) is 11.0. The number of likely N-dealkylation sites (N-methyl/N-ethyl adjacent to an activating group) is 1. The summed E-state index contributed by atoms with van der Waals surface area (Å²) in [6, 6.07) is 10.9. The van der Waals surface area contributed by atoms with Crippen LogP contribution in [-0.4, -0.2) is 98.4 Å². The number of likely N-dealkylation sites (tertiary alicyclic amines) is 1. The predicted octanol–water partition coefficient (Wildman–Crippen LogP) is 6.85. The maximum absolute atomic E-state index is 16.9. The molecule has 14 heteroatoms. The number of alkyl halides is 1. The molecule has 3 fully saturated rings. The van der Waals surface area contributed by atoms with Crippen LogP contribution in [0.5, 0.6) is 6.01 Å². The van der Waals surface area contributed by atoms with Crippen LogP contribution in [0, 0.1) is 5.82 Å². The quantitative estimate of drug-likeness (QED) is 0.149. The number of pyridine rings is 1. The van der Waals surface area contributed by atoms with Gasteiger partial charge in [0.2, 0.25) is 5.91 Å². The zero-order valence-electron chi connectivity index (χ0n) is 29.2. The Labute approximate surface area is 304 Å². The van der Waals surface area contributed by atoms with Crippen molar-refractivity contribution in [1.82, 2.24) is 34.9 Å². The summed E-state index contributed by atoms with van der Waals surface area (Å²) in [6.07, 6.45) is 6.41. The van der Waals surface area contributed by atoms with Crippen molar-refractivity contribution < 1.29 is 22.8 Å². The van der Waals surface area contributed by atoms with Gasteiger partial charge in [-0.2, -0.15) is 15.0 Å². The van der Waals surface area contributed by atoms with E-state index in [1.807, 2.05) is 50.1 Å². The van der Waals surface area contributed by atoms with Crippen molar-refractivity contribution in [2.75, 3.05) is 44.7 Å². The highest BCUT2D eigenvalue weighted by Gasteiger charge is 2.49. The zero-order valence-corrected chi connectivity index (χ0v) is 30.0. The second-order valence-corrected chi connectivity index (χ2v) is 14.7. The van der Waals surface area contributed by atoms with Gasteiger partial charge in [0.1, 0.15) is 29.8 Å². The van der Waals surface area contributed by atoms with E-state index in [1.165, 1.54) is 12.2 Å². The van der Waals surface area contributed by atoms with E-state index < -0.39 is 17.5 Å². The molecule has 6 heterocycles. The van der Waals surface area contributed by atoms with E-state index in [-0.39, 0.29) is 47.6 Å². The van der Waals surface area contributed by atoms with Crippen molar-refractivity contribution >= 4 is 51.1 Å². The lowest BCUT2D eigenvalue weighted by Gasteiger charge is -2.31. The van der Waals surface area contributed by atoms with Crippen molar-refractivity contribution in [3.8, 4) is 17.3 Å². The molecule has 1 unspecified atom stereocenters. The molecule has 8 rings (SSSR count). The van der Waals surface area contributed by atoms with Gasteiger partial charge in [0.05, 0.1) is 10.9 Å². The summed E-state index contributed by atoms with van der Waals surface area (Å²) in [5, 5.41) is 6.37. The average molecular weight is 729 g/mol. The maximum Gasteiger partial charge on any atom is 0.319 e. The van der Waals surface area contributed by atoms with Crippen molar-refractivity contribution in [2.24, 2.45) is 0 Å². The van der Waals surface area contributed by atoms with Crippen molar-refractivity contribution in [3.05, 3.63) is 71.2 Å². The van der Waals surface area contributed by atoms with Crippen LogP contribution in [-0.2, 0) is 4.79 Å². The molecule has 3 atom stereocenters. The molecule has 0 radical (unpaired) electrons. The first kappa shape index (κ1) is 34.3. The molecule has 0 bridgehead atoms. The topological polar surface area (TPSA) is 114 Å². The Morgan fingerprint density at radius 1 is 1.17 bits per heavy atom. The third kappa shape index (κ3) is 6.23. The van der Waals surface area contributed by atoms with E-state index in [2.05, 4.69) is 25.0 Å². The van der Waals surface area contributed by atoms with E-state index in [9.17, 15) is 9.18 Å². The Morgan fingerprint density at radius 2 is 2.00 bits per heavy atom. The van der Waals surface area contributed by atoms with Gasteiger partial charge in [0.25, 0.3) is 5.89 Å². The van der Waals surface area contributed by atoms with Crippen LogP contribution < -0.4 is 9.64 Å². The molecule has 11 nitrogen and oxygen atoms in total. The van der Waals surface area contributed by atoms with Crippen LogP contribution in [0.2, 0.25) is 5.02 Å². The summed E-state index contributed by atoms with van der Waals surface area (Å²) in [7, 11) is 1.87. The lowest BCUT2D eigenvalue weighted by Crippen LogP contribution is -2.43. The Balaban J connectivity index is 1.12. The molecule has 3 aliphatic rings. The first-order valence-corrected chi connectivity index (χ1v) is 18.1. The number of hydrogen-bond acceptors (Lipinski definition) is 10. The molecule has 52 heavy (non-hydrogen) atoms. The summed E-state index contributed by atoms with van der Waals surface area (Å²) in [4.78, 5) is 37.3. The van der Waals surface area contributed by atoms with Gasteiger partial charge in [-0.05, 0) is 37.3 Å². The molecule has 270 valence electrons. The molecule has 0 spiro atoms. The van der Waals surface area contributed by atoms with Crippen molar-refractivity contribution in [2.45, 2.75) is 63.2 Å². The number of halogens is 3. The SMILES string of the molecule is CC(C)c1noc(/C=C/C(=O)N2CC[C@@H](N(C)c3nc(OC[C@@]45CCCN4CC(F)C5)nc4c(F)c(-c5cccc6cccc(Cl)c56)ncc34)C2)n1. The molecule has 2 aromatic carbocycles. The molecule has 0 saturated carbocycles. The molecular formula is C38H39ClF2N8O3. The number of hydrogen-bond donors (Lipinski definition) is 0. The van der Waals surface area contributed by atoms with E-state index >= 15 is 4.39 Å². The number of nitrogens with zero attached hydrogens (tertiary/aromatic N) is 8. The van der Waals surface area contributed by atoms with Gasteiger partial charge in [0, 0.05) is 79.4 Å². The minimum absolute atomic E-state index is 0.000859. The summed E-state index contributed by atoms with van der Waals surface area (Å²) in [6.45, 7) is 6.22. The van der Waals surface area contributed by atoms with Gasteiger partial charge in [-0.3, -0.25) is 14.7 Å². The van der Waals surface area contributed by atoms with Gasteiger partial charge >= 0.3 is 6.01 Å². The first-order chi connectivity index (χ1) is 25.1. The molecule has 3 saturated heterocycles. The van der Waals surface area contributed by atoms with E-state index in [0.717, 1.165) is 24.8 Å². The largest absolute Gasteiger partial charge is 0.461 e.